The highest BCUT2D eigenvalue weighted by Gasteiger charge is 2.12. The lowest BCUT2D eigenvalue weighted by Crippen LogP contribution is -2.39. The fourth-order valence-electron chi connectivity index (χ4n) is 2.23. The number of carbonyl (C=O) groups excluding carboxylic acids is 1. The molecule has 2 rings (SSSR count). The van der Waals surface area contributed by atoms with Crippen LogP contribution in [0.3, 0.4) is 0 Å². The zero-order valence-corrected chi connectivity index (χ0v) is 14.0. The number of rotatable bonds is 5. The summed E-state index contributed by atoms with van der Waals surface area (Å²) in [6, 6.07) is 11.2. The maximum absolute atomic E-state index is 12.0. The van der Waals surface area contributed by atoms with Gasteiger partial charge >= 0.3 is 6.03 Å². The smallest absolute Gasteiger partial charge is 0.323 e. The molecule has 1 unspecified atom stereocenters. The number of carbonyl (C=O) groups is 1. The molecule has 2 aromatic rings. The number of pyridine rings is 1. The summed E-state index contributed by atoms with van der Waals surface area (Å²) in [5.41, 5.74) is 2.15. The van der Waals surface area contributed by atoms with Crippen molar-refractivity contribution in [1.82, 2.24) is 10.3 Å². The van der Waals surface area contributed by atoms with Crippen LogP contribution in [0.25, 0.3) is 0 Å². The van der Waals surface area contributed by atoms with Crippen LogP contribution in [-0.2, 0) is 0 Å². The number of benzene rings is 1. The highest BCUT2D eigenvalue weighted by atomic mass is 16.5. The Kier molecular flexibility index (Phi) is 5.57. The fraction of sp³-hybridized carbons (Fsp3) is 0.333. The van der Waals surface area contributed by atoms with Crippen molar-refractivity contribution >= 4 is 11.8 Å². The molecule has 23 heavy (non-hydrogen) atoms. The van der Waals surface area contributed by atoms with E-state index in [1.807, 2.05) is 37.3 Å². The summed E-state index contributed by atoms with van der Waals surface area (Å²) in [5.74, 6) is 1.64. The highest BCUT2D eigenvalue weighted by molar-refractivity contribution is 5.88. The lowest BCUT2D eigenvalue weighted by molar-refractivity contribution is 0.181. The zero-order valence-electron chi connectivity index (χ0n) is 14.0. The number of nitrogens with zero attached hydrogens (tertiary/aromatic N) is 1. The number of anilines is 1. The number of urea groups is 1. The van der Waals surface area contributed by atoms with E-state index in [0.29, 0.717) is 11.7 Å². The Labute approximate surface area is 137 Å². The van der Waals surface area contributed by atoms with Crippen LogP contribution >= 0.6 is 0 Å². The molecule has 1 aromatic heterocycles. The lowest BCUT2D eigenvalue weighted by Gasteiger charge is -2.20. The Bertz CT molecular complexity index is 671. The van der Waals surface area contributed by atoms with Crippen LogP contribution in [0.4, 0.5) is 10.6 Å². The molecule has 0 aliphatic rings. The van der Waals surface area contributed by atoms with Crippen molar-refractivity contribution in [2.24, 2.45) is 0 Å². The third kappa shape index (κ3) is 4.98. The van der Waals surface area contributed by atoms with Crippen molar-refractivity contribution in [3.63, 3.8) is 0 Å². The van der Waals surface area contributed by atoms with E-state index in [1.165, 1.54) is 0 Å². The van der Waals surface area contributed by atoms with Crippen molar-refractivity contribution in [2.45, 2.75) is 39.8 Å². The Morgan fingerprint density at radius 3 is 2.61 bits per heavy atom. The van der Waals surface area contributed by atoms with E-state index < -0.39 is 6.23 Å². The first-order valence-corrected chi connectivity index (χ1v) is 7.71. The van der Waals surface area contributed by atoms with E-state index in [1.54, 1.807) is 19.2 Å². The summed E-state index contributed by atoms with van der Waals surface area (Å²) in [4.78, 5) is 16.1. The molecule has 0 aliphatic carbocycles. The van der Waals surface area contributed by atoms with Gasteiger partial charge in [-0.3, -0.25) is 5.32 Å². The van der Waals surface area contributed by atoms with Crippen LogP contribution in [0.5, 0.6) is 5.75 Å². The summed E-state index contributed by atoms with van der Waals surface area (Å²) in [6.45, 7) is 7.95. The maximum Gasteiger partial charge on any atom is 0.323 e. The molecule has 0 spiro atoms. The highest BCUT2D eigenvalue weighted by Crippen LogP contribution is 2.26. The van der Waals surface area contributed by atoms with E-state index in [-0.39, 0.29) is 6.03 Å². The lowest BCUT2D eigenvalue weighted by atomic mass is 10.0. The number of hydrogen-bond donors (Lipinski definition) is 2. The van der Waals surface area contributed by atoms with Crippen molar-refractivity contribution in [3.8, 4) is 5.75 Å². The fourth-order valence-corrected chi connectivity index (χ4v) is 2.23. The van der Waals surface area contributed by atoms with Crippen molar-refractivity contribution in [1.29, 1.82) is 0 Å². The molecule has 5 nitrogen and oxygen atoms in total. The van der Waals surface area contributed by atoms with Crippen molar-refractivity contribution < 1.29 is 9.53 Å². The standard InChI is InChI=1S/C18H23N3O2/c1-12(2)15-7-5-6-8-16(15)23-14(4)20-18(22)21-17-11-13(3)9-10-19-17/h5-12,14H,1-4H3,(H2,19,20,21,22). The predicted octanol–water partition coefficient (Wildman–Crippen LogP) is 4.06. The van der Waals surface area contributed by atoms with Crippen molar-refractivity contribution in [2.75, 3.05) is 5.32 Å². The predicted molar refractivity (Wildman–Crippen MR) is 91.7 cm³/mol. The van der Waals surface area contributed by atoms with Crippen LogP contribution in [-0.4, -0.2) is 17.2 Å². The van der Waals surface area contributed by atoms with E-state index in [9.17, 15) is 4.79 Å². The van der Waals surface area contributed by atoms with E-state index in [2.05, 4.69) is 29.5 Å². The third-order valence-electron chi connectivity index (χ3n) is 3.34. The number of amides is 2. The number of ether oxygens (including phenoxy) is 1. The second-order valence-corrected chi connectivity index (χ2v) is 5.77. The quantitative estimate of drug-likeness (QED) is 0.818. The van der Waals surface area contributed by atoms with Gasteiger partial charge in [-0.15, -0.1) is 0 Å². The maximum atomic E-state index is 12.0. The van der Waals surface area contributed by atoms with Gasteiger partial charge in [0, 0.05) is 6.20 Å². The number of hydrogen-bond acceptors (Lipinski definition) is 3. The minimum absolute atomic E-state index is 0.349. The Morgan fingerprint density at radius 1 is 1.17 bits per heavy atom. The molecule has 1 atom stereocenters. The molecule has 0 fully saturated rings. The number of para-hydroxylation sites is 1. The van der Waals surface area contributed by atoms with Gasteiger partial charge in [0.15, 0.2) is 6.23 Å². The summed E-state index contributed by atoms with van der Waals surface area (Å²) in [5, 5.41) is 5.45. The van der Waals surface area contributed by atoms with E-state index >= 15 is 0 Å². The first kappa shape index (κ1) is 16.8. The first-order valence-electron chi connectivity index (χ1n) is 7.71. The molecule has 122 valence electrons. The molecule has 5 heteroatoms. The molecule has 0 saturated carbocycles. The molecule has 0 saturated heterocycles. The summed E-state index contributed by atoms with van der Waals surface area (Å²) < 4.78 is 5.85. The van der Waals surface area contributed by atoms with Gasteiger partial charge in [-0.25, -0.2) is 9.78 Å². The number of aromatic nitrogens is 1. The van der Waals surface area contributed by atoms with E-state index in [0.717, 1.165) is 16.9 Å². The normalized spacial score (nSPS) is 11.9. The molecule has 1 heterocycles. The van der Waals surface area contributed by atoms with Gasteiger partial charge < -0.3 is 10.1 Å². The van der Waals surface area contributed by atoms with Gasteiger partial charge in [0.25, 0.3) is 0 Å². The minimum Gasteiger partial charge on any atom is -0.471 e. The van der Waals surface area contributed by atoms with Gasteiger partial charge in [0.05, 0.1) is 0 Å². The molecule has 0 radical (unpaired) electrons. The molecular formula is C18H23N3O2. The SMILES string of the molecule is Cc1ccnc(NC(=O)NC(C)Oc2ccccc2C(C)C)c1. The van der Waals surface area contributed by atoms with Crippen LogP contribution in [0.2, 0.25) is 0 Å². The topological polar surface area (TPSA) is 63.2 Å². The molecule has 0 aliphatic heterocycles. The Hall–Kier alpha value is -2.56. The van der Waals surface area contributed by atoms with E-state index in [4.69, 9.17) is 4.74 Å². The molecule has 2 amide bonds. The van der Waals surface area contributed by atoms with Gasteiger partial charge in [-0.05, 0) is 49.1 Å². The molecule has 2 N–H and O–H groups in total. The summed E-state index contributed by atoms with van der Waals surface area (Å²) >= 11 is 0. The van der Waals surface area contributed by atoms with Gasteiger partial charge in [-0.1, -0.05) is 32.0 Å². The monoisotopic (exact) mass is 313 g/mol. The Morgan fingerprint density at radius 2 is 1.91 bits per heavy atom. The average molecular weight is 313 g/mol. The average Bonchev–Trinajstić information content (AvgIpc) is 2.47. The summed E-state index contributed by atoms with van der Waals surface area (Å²) in [7, 11) is 0. The van der Waals surface area contributed by atoms with Gasteiger partial charge in [-0.2, -0.15) is 0 Å². The molecule has 1 aromatic carbocycles. The second kappa shape index (κ2) is 7.63. The first-order chi connectivity index (χ1) is 11.0. The molecule has 0 bridgehead atoms. The summed E-state index contributed by atoms with van der Waals surface area (Å²) in [6.07, 6.45) is 1.20. The molecular weight excluding hydrogens is 290 g/mol. The largest absolute Gasteiger partial charge is 0.471 e. The zero-order chi connectivity index (χ0) is 16.8. The van der Waals surface area contributed by atoms with Crippen molar-refractivity contribution in [3.05, 3.63) is 53.7 Å². The van der Waals surface area contributed by atoms with Crippen LogP contribution in [0, 0.1) is 6.92 Å². The number of aryl methyl sites for hydroxylation is 1. The second-order valence-electron chi connectivity index (χ2n) is 5.77. The van der Waals surface area contributed by atoms with Crippen LogP contribution in [0.1, 0.15) is 37.8 Å². The van der Waals surface area contributed by atoms with Gasteiger partial charge in [0.2, 0.25) is 0 Å². The minimum atomic E-state index is -0.459. The Balaban J connectivity index is 1.94. The van der Waals surface area contributed by atoms with Crippen LogP contribution < -0.4 is 15.4 Å². The van der Waals surface area contributed by atoms with Crippen LogP contribution in [0.15, 0.2) is 42.6 Å². The third-order valence-corrected chi connectivity index (χ3v) is 3.34. The van der Waals surface area contributed by atoms with Gasteiger partial charge in [0.1, 0.15) is 11.6 Å². The number of nitrogens with one attached hydrogen (secondary N) is 2.